The molecule has 0 unspecified atom stereocenters. The van der Waals surface area contributed by atoms with E-state index in [1.807, 2.05) is 0 Å². The van der Waals surface area contributed by atoms with Gasteiger partial charge in [0.05, 0.1) is 0 Å². The molecular formula is H6CaCdCrCuO8SZn. The molecule has 0 bridgehead atoms. The van der Waals surface area contributed by atoms with Crippen molar-refractivity contribution >= 4 is 48.1 Å². The molecule has 0 aromatic rings. The summed E-state index contributed by atoms with van der Waals surface area (Å²) in [5.74, 6) is 0. The van der Waals surface area contributed by atoms with Crippen molar-refractivity contribution in [3.8, 4) is 0 Å². The molecule has 4 N–H and O–H groups in total. The van der Waals surface area contributed by atoms with E-state index in [0.29, 0.717) is 0 Å². The topological polar surface area (TPSA) is 149 Å². The standard InChI is InChI=1S/Ca.Cd.Cr.Cu.H2O4S.2H2O.2O.Zn.2H/c;;;;1-5(2,3)4;;;;;;;/h;;;;(H2,1,2,3,4);2*1H2;;;;;/q;;+2;;;;;;;;;/p-2. The summed E-state index contributed by atoms with van der Waals surface area (Å²) in [6.07, 6.45) is 0. The first kappa shape index (κ1) is 36.0. The number of hydrogen-bond donors (Lipinski definition) is 4. The Balaban J connectivity index is -0.0000000178. The molecule has 14 heavy (non-hydrogen) atoms. The molecule has 14 heteroatoms. The Morgan fingerprint density at radius 1 is 1.00 bits per heavy atom. The summed E-state index contributed by atoms with van der Waals surface area (Å²) in [5, 5.41) is 0. The van der Waals surface area contributed by atoms with Crippen molar-refractivity contribution in [2.75, 3.05) is 0 Å². The van der Waals surface area contributed by atoms with Gasteiger partial charge in [-0.25, -0.2) is 0 Å². The van der Waals surface area contributed by atoms with Crippen molar-refractivity contribution in [3.63, 3.8) is 0 Å². The Bertz CT molecular complexity index is 226. The van der Waals surface area contributed by atoms with Gasteiger partial charge in [0, 0.05) is 63.8 Å². The van der Waals surface area contributed by atoms with E-state index in [2.05, 4.69) is 0 Å². The van der Waals surface area contributed by atoms with E-state index >= 15 is 0 Å². The average Bonchev–Trinajstić information content (AvgIpc) is 1.12. The maximum Gasteiger partial charge on any atom is 0 e. The van der Waals surface area contributed by atoms with Gasteiger partial charge in [0.15, 0.2) is 0 Å². The first-order valence-electron chi connectivity index (χ1n) is 1.40. The zero-order valence-electron chi connectivity index (χ0n) is 5.95. The summed E-state index contributed by atoms with van der Waals surface area (Å²) in [5.41, 5.74) is 0. The van der Waals surface area contributed by atoms with Crippen LogP contribution in [0.25, 0.3) is 0 Å². The van der Waals surface area contributed by atoms with Crippen molar-refractivity contribution in [2.45, 2.75) is 0 Å². The van der Waals surface area contributed by atoms with Crippen molar-refractivity contribution in [3.05, 3.63) is 0 Å². The smallest absolute Gasteiger partial charge is 0 e. The maximum atomic E-state index is 8.82. The largest absolute Gasteiger partial charge is 0 e. The minimum atomic E-state index is -5.25. The van der Waals surface area contributed by atoms with E-state index in [0.717, 1.165) is 0 Å². The summed E-state index contributed by atoms with van der Waals surface area (Å²) in [6.45, 7) is 0. The minimum absolute atomic E-state index is 0. The molecule has 83 valence electrons. The van der Waals surface area contributed by atoms with Crippen LogP contribution < -0.4 is 0 Å². The second-order valence-electron chi connectivity index (χ2n) is 0.896. The van der Waals surface area contributed by atoms with Crippen LogP contribution in [0.4, 0.5) is 0 Å². The third kappa shape index (κ3) is 294. The zero-order chi connectivity index (χ0) is 9.00. The molecule has 0 fully saturated rings. The molecule has 0 aromatic heterocycles. The van der Waals surface area contributed by atoms with Gasteiger partial charge >= 0.3 is 77.7 Å². The van der Waals surface area contributed by atoms with Gasteiger partial charge in [-0.15, -0.1) is 0 Å². The van der Waals surface area contributed by atoms with E-state index in [1.54, 1.807) is 0 Å². The molecule has 0 aliphatic heterocycles. The quantitative estimate of drug-likeness (QED) is 0.205. The van der Waals surface area contributed by atoms with E-state index in [1.165, 1.54) is 0 Å². The molecule has 0 aliphatic carbocycles. The number of rotatable bonds is 0. The summed E-state index contributed by atoms with van der Waals surface area (Å²) >= 11 is -5.25. The fourth-order valence-corrected chi connectivity index (χ4v) is 0. The minimum Gasteiger partial charge on any atom is 0 e. The fraction of sp³-hybridized carbons (Fsp3) is 0. The normalized spacial score (nSPS) is 8.29. The average molecular weight is 500 g/mol. The monoisotopic (exact) mass is 499 g/mol. The predicted octanol–water partition coefficient (Wildman–Crippen LogP) is -2.93. The van der Waals surface area contributed by atoms with Crippen molar-refractivity contribution in [2.24, 2.45) is 0 Å². The first-order valence-corrected chi connectivity index (χ1v) is 4.98. The molecule has 0 atom stereocenters. The van der Waals surface area contributed by atoms with E-state index in [4.69, 9.17) is 33.4 Å². The van der Waals surface area contributed by atoms with Crippen LogP contribution in [0.5, 0.6) is 0 Å². The predicted molar refractivity (Wildman–Crippen MR) is 28.5 cm³/mol. The SMILES string of the molecule is O=S(=O)(O)O.[CaH2].[Cd].[Cu].[O]=[Cr](=[O])([OH])[OH].[Zn]. The van der Waals surface area contributed by atoms with Gasteiger partial charge < -0.3 is 0 Å². The van der Waals surface area contributed by atoms with Gasteiger partial charge in [-0.2, -0.15) is 8.42 Å². The van der Waals surface area contributed by atoms with Crippen LogP contribution in [0.3, 0.4) is 0 Å². The van der Waals surface area contributed by atoms with Gasteiger partial charge in [0.25, 0.3) is 0 Å². The van der Waals surface area contributed by atoms with Gasteiger partial charge in [-0.1, -0.05) is 0 Å². The molecular weight excluding hydrogens is 493 g/mol. The Morgan fingerprint density at radius 3 is 1.00 bits per heavy atom. The summed E-state index contributed by atoms with van der Waals surface area (Å²) in [6, 6.07) is 0. The summed E-state index contributed by atoms with van der Waals surface area (Å²) < 4.78 is 63.5. The molecule has 0 saturated carbocycles. The van der Waals surface area contributed by atoms with Crippen LogP contribution in [0, 0.1) is 0 Å². The Hall–Kier alpha value is 3.25. The molecule has 1 radical (unpaired) electrons. The van der Waals surface area contributed by atoms with Crippen LogP contribution in [0.1, 0.15) is 0 Å². The van der Waals surface area contributed by atoms with Crippen LogP contribution in [0.15, 0.2) is 0 Å². The molecule has 0 aromatic carbocycles. The molecule has 0 spiro atoms. The Labute approximate surface area is 156 Å². The molecule has 8 nitrogen and oxygen atoms in total. The van der Waals surface area contributed by atoms with Crippen LogP contribution in [0.2, 0.25) is 0 Å². The van der Waals surface area contributed by atoms with Crippen LogP contribution >= 0.6 is 0 Å². The van der Waals surface area contributed by atoms with Crippen molar-refractivity contribution in [1.82, 2.24) is 0 Å². The molecule has 0 rings (SSSR count). The second-order valence-corrected chi connectivity index (χ2v) is 3.19. The van der Waals surface area contributed by atoms with E-state index in [-0.39, 0.29) is 102 Å². The Kier molecular flexibility index (Phi) is 41.8. The van der Waals surface area contributed by atoms with Gasteiger partial charge in [-0.05, 0) is 0 Å². The third-order valence-corrected chi connectivity index (χ3v) is 0. The summed E-state index contributed by atoms with van der Waals surface area (Å²) in [7, 11) is -4.67. The maximum absolute atomic E-state index is 8.82. The van der Waals surface area contributed by atoms with Crippen LogP contribution in [-0.4, -0.2) is 63.6 Å². The molecule has 0 saturated heterocycles. The zero-order valence-corrected chi connectivity index (χ0v) is 16.0. The Morgan fingerprint density at radius 2 is 1.00 bits per heavy atom. The van der Waals surface area contributed by atoms with Gasteiger partial charge in [0.1, 0.15) is 0 Å². The van der Waals surface area contributed by atoms with Crippen LogP contribution in [-0.2, 0) is 95.5 Å². The van der Waals surface area contributed by atoms with Crippen molar-refractivity contribution < 1.29 is 111 Å². The molecule has 0 heterocycles. The third-order valence-electron chi connectivity index (χ3n) is 0. The van der Waals surface area contributed by atoms with E-state index in [9.17, 15) is 0 Å². The number of hydrogen-bond acceptors (Lipinski definition) is 4. The van der Waals surface area contributed by atoms with Crippen molar-refractivity contribution in [1.29, 1.82) is 0 Å². The fourth-order valence-electron chi connectivity index (χ4n) is 0. The van der Waals surface area contributed by atoms with E-state index < -0.39 is 24.0 Å². The first-order chi connectivity index (χ1) is 4.00. The summed E-state index contributed by atoms with van der Waals surface area (Å²) in [4.78, 5) is 0. The van der Waals surface area contributed by atoms with Gasteiger partial charge in [0.2, 0.25) is 0 Å². The second kappa shape index (κ2) is 16.2. The molecule has 0 aliphatic rings. The molecule has 0 amide bonds. The van der Waals surface area contributed by atoms with Gasteiger partial charge in [-0.3, -0.25) is 9.11 Å².